The molecule has 1 saturated heterocycles. The Bertz CT molecular complexity index is 1050. The van der Waals surface area contributed by atoms with Crippen molar-refractivity contribution in [1.29, 1.82) is 0 Å². The molecule has 2 aliphatic heterocycles. The summed E-state index contributed by atoms with van der Waals surface area (Å²) < 4.78 is 10.7. The van der Waals surface area contributed by atoms with Crippen molar-refractivity contribution in [2.45, 2.75) is 51.4 Å². The summed E-state index contributed by atoms with van der Waals surface area (Å²) >= 11 is 0. The highest BCUT2D eigenvalue weighted by Crippen LogP contribution is 2.33. The van der Waals surface area contributed by atoms with Gasteiger partial charge in [-0.2, -0.15) is 0 Å². The number of ether oxygens (including phenoxy) is 2. The van der Waals surface area contributed by atoms with E-state index in [4.69, 9.17) is 10.5 Å². The Morgan fingerprint density at radius 3 is 2.44 bits per heavy atom. The number of carbonyl (C=O) groups excluding carboxylic acids is 3. The Hall–Kier alpha value is -3.39. The first-order chi connectivity index (χ1) is 16.5. The maximum Gasteiger partial charge on any atom is 0.305 e. The van der Waals surface area contributed by atoms with Gasteiger partial charge in [-0.05, 0) is 55.6 Å². The number of rotatable bonds is 10. The van der Waals surface area contributed by atoms with E-state index in [0.717, 1.165) is 17.7 Å². The Morgan fingerprint density at radius 2 is 1.76 bits per heavy atom. The summed E-state index contributed by atoms with van der Waals surface area (Å²) in [6.45, 7) is 3.88. The molecular formula is C26H31N3O5. The predicted molar refractivity (Wildman–Crippen MR) is 126 cm³/mol. The minimum atomic E-state index is -0.894. The first kappa shape index (κ1) is 23.8. The summed E-state index contributed by atoms with van der Waals surface area (Å²) in [6, 6.07) is 12.8. The molecule has 1 unspecified atom stereocenters. The van der Waals surface area contributed by atoms with Gasteiger partial charge in [-0.15, -0.1) is 0 Å². The summed E-state index contributed by atoms with van der Waals surface area (Å²) in [5.41, 5.74) is 9.10. The fraction of sp³-hybridized carbons (Fsp3) is 0.423. The molecule has 2 aromatic rings. The number of nitrogens with zero attached hydrogens (tertiary/aromatic N) is 2. The van der Waals surface area contributed by atoms with Crippen LogP contribution in [0.5, 0.6) is 5.75 Å². The second-order valence-electron chi connectivity index (χ2n) is 8.84. The van der Waals surface area contributed by atoms with Crippen molar-refractivity contribution in [2.24, 2.45) is 5.73 Å². The average molecular weight is 466 g/mol. The number of carbonyl (C=O) groups is 3. The van der Waals surface area contributed by atoms with E-state index in [-0.39, 0.29) is 25.3 Å². The summed E-state index contributed by atoms with van der Waals surface area (Å²) in [6.07, 6.45) is 2.67. The minimum Gasteiger partial charge on any atom is -0.489 e. The number of esters is 1. The molecule has 2 N–H and O–H groups in total. The molecule has 2 aliphatic rings. The van der Waals surface area contributed by atoms with Crippen molar-refractivity contribution < 1.29 is 23.9 Å². The molecule has 0 aliphatic carbocycles. The highest BCUT2D eigenvalue weighted by atomic mass is 16.5. The molecule has 4 rings (SSSR count). The fourth-order valence-electron chi connectivity index (χ4n) is 4.62. The zero-order valence-electron chi connectivity index (χ0n) is 19.5. The van der Waals surface area contributed by atoms with Crippen LogP contribution in [-0.4, -0.2) is 53.8 Å². The van der Waals surface area contributed by atoms with Crippen molar-refractivity contribution in [1.82, 2.24) is 9.80 Å². The first-order valence-corrected chi connectivity index (χ1v) is 11.7. The molecule has 34 heavy (non-hydrogen) atoms. The molecule has 0 aromatic heterocycles. The van der Waals surface area contributed by atoms with Crippen LogP contribution in [0.15, 0.2) is 42.5 Å². The van der Waals surface area contributed by atoms with E-state index in [1.54, 1.807) is 12.1 Å². The number of methoxy groups -OCH3 is 1. The number of hydrogen-bond donors (Lipinski definition) is 1. The van der Waals surface area contributed by atoms with Crippen molar-refractivity contribution in [3.63, 3.8) is 0 Å². The van der Waals surface area contributed by atoms with Crippen molar-refractivity contribution >= 4 is 17.8 Å². The highest BCUT2D eigenvalue weighted by molar-refractivity contribution is 6.01. The van der Waals surface area contributed by atoms with Gasteiger partial charge in [0, 0.05) is 24.1 Å². The van der Waals surface area contributed by atoms with Crippen LogP contribution >= 0.6 is 0 Å². The van der Waals surface area contributed by atoms with Crippen LogP contribution in [0.2, 0.25) is 0 Å². The summed E-state index contributed by atoms with van der Waals surface area (Å²) in [5.74, 6) is -0.793. The third-order valence-corrected chi connectivity index (χ3v) is 6.53. The number of hydrogen-bond acceptors (Lipinski definition) is 6. The van der Waals surface area contributed by atoms with Crippen LogP contribution in [0.25, 0.3) is 0 Å². The van der Waals surface area contributed by atoms with Gasteiger partial charge in [-0.3, -0.25) is 19.3 Å². The molecule has 0 saturated carbocycles. The largest absolute Gasteiger partial charge is 0.489 e. The molecule has 2 heterocycles. The molecule has 0 bridgehead atoms. The third-order valence-electron chi connectivity index (χ3n) is 6.53. The van der Waals surface area contributed by atoms with Crippen molar-refractivity contribution in [2.75, 3.05) is 20.2 Å². The van der Waals surface area contributed by atoms with E-state index in [2.05, 4.69) is 33.9 Å². The Morgan fingerprint density at radius 1 is 1.06 bits per heavy atom. The van der Waals surface area contributed by atoms with Crippen LogP contribution in [0, 0.1) is 0 Å². The Labute approximate surface area is 199 Å². The molecule has 1 fully saturated rings. The van der Waals surface area contributed by atoms with Crippen LogP contribution in [-0.2, 0) is 34.0 Å². The van der Waals surface area contributed by atoms with E-state index >= 15 is 0 Å². The molecule has 8 nitrogen and oxygen atoms in total. The zero-order chi connectivity index (χ0) is 24.1. The van der Waals surface area contributed by atoms with Gasteiger partial charge in [-0.1, -0.05) is 30.3 Å². The van der Waals surface area contributed by atoms with Gasteiger partial charge >= 0.3 is 5.97 Å². The summed E-state index contributed by atoms with van der Waals surface area (Å²) in [4.78, 5) is 40.5. The van der Waals surface area contributed by atoms with E-state index in [1.807, 2.05) is 6.07 Å². The lowest BCUT2D eigenvalue weighted by atomic mass is 10.1. The number of benzene rings is 2. The van der Waals surface area contributed by atoms with Gasteiger partial charge in [-0.25, -0.2) is 0 Å². The number of primary amides is 1. The standard InChI is InChI=1S/C26H31N3O5/c1-33-24(30)12-11-22(25(27)31)29-16-21-20(26(29)32)5-4-6-23(21)34-17-19-9-7-18(8-10-19)15-28-13-2-3-14-28/h4-10,22H,2-3,11-17H2,1H3,(H2,27,31). The van der Waals surface area contributed by atoms with Crippen molar-refractivity contribution in [3.8, 4) is 5.75 Å². The summed E-state index contributed by atoms with van der Waals surface area (Å²) in [5, 5.41) is 0. The minimum absolute atomic E-state index is 0.00133. The predicted octanol–water partition coefficient (Wildman–Crippen LogP) is 2.62. The molecule has 0 radical (unpaired) electrons. The lowest BCUT2D eigenvalue weighted by Crippen LogP contribution is -2.45. The van der Waals surface area contributed by atoms with Gasteiger partial charge < -0.3 is 20.1 Å². The van der Waals surface area contributed by atoms with Gasteiger partial charge in [0.1, 0.15) is 18.4 Å². The number of likely N-dealkylation sites (tertiary alicyclic amines) is 1. The number of nitrogens with two attached hydrogens (primary N) is 1. The van der Waals surface area contributed by atoms with Crippen LogP contribution in [0.4, 0.5) is 0 Å². The highest BCUT2D eigenvalue weighted by Gasteiger charge is 2.37. The van der Waals surface area contributed by atoms with Gasteiger partial charge in [0.15, 0.2) is 0 Å². The Kier molecular flexibility index (Phi) is 7.47. The van der Waals surface area contributed by atoms with E-state index in [1.165, 1.54) is 43.5 Å². The fourth-order valence-corrected chi connectivity index (χ4v) is 4.62. The SMILES string of the molecule is COC(=O)CCC(C(N)=O)N1Cc2c(OCc3ccc(CN4CCCC4)cc3)cccc2C1=O. The molecule has 2 aromatic carbocycles. The maximum atomic E-state index is 13.0. The van der Waals surface area contributed by atoms with Crippen LogP contribution < -0.4 is 10.5 Å². The van der Waals surface area contributed by atoms with E-state index in [9.17, 15) is 14.4 Å². The normalized spacial score (nSPS) is 16.4. The monoisotopic (exact) mass is 465 g/mol. The maximum absolute atomic E-state index is 13.0. The Balaban J connectivity index is 1.41. The van der Waals surface area contributed by atoms with E-state index in [0.29, 0.717) is 17.9 Å². The van der Waals surface area contributed by atoms with Gasteiger partial charge in [0.2, 0.25) is 5.91 Å². The zero-order valence-corrected chi connectivity index (χ0v) is 19.5. The molecule has 1 atom stereocenters. The topological polar surface area (TPSA) is 102 Å². The van der Waals surface area contributed by atoms with Crippen molar-refractivity contribution in [3.05, 3.63) is 64.7 Å². The molecule has 180 valence electrons. The molecule has 2 amide bonds. The van der Waals surface area contributed by atoms with Gasteiger partial charge in [0.05, 0.1) is 13.7 Å². The van der Waals surface area contributed by atoms with Crippen LogP contribution in [0.3, 0.4) is 0 Å². The van der Waals surface area contributed by atoms with Crippen LogP contribution in [0.1, 0.15) is 52.7 Å². The second kappa shape index (κ2) is 10.7. The smallest absolute Gasteiger partial charge is 0.305 e. The summed E-state index contributed by atoms with van der Waals surface area (Å²) in [7, 11) is 1.28. The molecule has 8 heteroatoms. The quantitative estimate of drug-likeness (QED) is 0.541. The third kappa shape index (κ3) is 5.39. The lowest BCUT2D eigenvalue weighted by molar-refractivity contribution is -0.141. The van der Waals surface area contributed by atoms with E-state index < -0.39 is 17.9 Å². The average Bonchev–Trinajstić information content (AvgIpc) is 3.47. The van der Waals surface area contributed by atoms with Gasteiger partial charge in [0.25, 0.3) is 5.91 Å². The lowest BCUT2D eigenvalue weighted by Gasteiger charge is -2.24. The molecular weight excluding hydrogens is 434 g/mol. The first-order valence-electron chi connectivity index (χ1n) is 11.7. The molecule has 0 spiro atoms. The number of amides is 2. The second-order valence-corrected chi connectivity index (χ2v) is 8.84. The number of fused-ring (bicyclic) bond motifs is 1.